The average molecular weight is 154 g/mol. The average Bonchev–Trinajstić information content (AvgIpc) is 2.34. The largest absolute Gasteiger partial charge is 0.319 e. The molecule has 0 bridgehead atoms. The molecule has 60 valence electrons. The molecule has 5 heteroatoms. The third-order valence-corrected chi connectivity index (χ3v) is 1.51. The summed E-state index contributed by atoms with van der Waals surface area (Å²) in [6, 6.07) is 0. The van der Waals surface area contributed by atoms with E-state index in [-0.39, 0.29) is 0 Å². The van der Waals surface area contributed by atoms with Crippen molar-refractivity contribution in [3.05, 3.63) is 22.9 Å². The maximum absolute atomic E-state index is 9.85. The first-order valence-corrected chi connectivity index (χ1v) is 3.37. The highest BCUT2D eigenvalue weighted by molar-refractivity contribution is 4.77. The van der Waals surface area contributed by atoms with Gasteiger partial charge < -0.3 is 9.13 Å². The van der Waals surface area contributed by atoms with Gasteiger partial charge in [0.05, 0.1) is 5.29 Å². The molecule has 0 saturated carbocycles. The predicted octanol–water partition coefficient (Wildman–Crippen LogP) is 0.429. The highest BCUT2D eigenvalue weighted by Crippen LogP contribution is 1.81. The van der Waals surface area contributed by atoms with Gasteiger partial charge >= 0.3 is 0 Å². The summed E-state index contributed by atoms with van der Waals surface area (Å²) in [7, 11) is 1.82. The van der Waals surface area contributed by atoms with Crippen molar-refractivity contribution in [1.29, 1.82) is 0 Å². The van der Waals surface area contributed by atoms with Crippen LogP contribution >= 0.6 is 0 Å². The molecule has 5 nitrogen and oxygen atoms in total. The van der Waals surface area contributed by atoms with E-state index in [1.54, 1.807) is 4.57 Å². The Balaban J connectivity index is 3.28. The van der Waals surface area contributed by atoms with Gasteiger partial charge in [-0.25, -0.2) is 0 Å². The summed E-state index contributed by atoms with van der Waals surface area (Å²) >= 11 is 0. The van der Waals surface area contributed by atoms with Crippen molar-refractivity contribution in [2.75, 3.05) is 0 Å². The summed E-state index contributed by atoms with van der Waals surface area (Å²) in [5.41, 5.74) is 0.572. The van der Waals surface area contributed by atoms with Crippen LogP contribution in [0.2, 0.25) is 0 Å². The van der Waals surface area contributed by atoms with Crippen LogP contribution in [0.25, 0.3) is 0 Å². The van der Waals surface area contributed by atoms with Crippen LogP contribution < -0.4 is 5.62 Å². The second-order valence-corrected chi connectivity index (χ2v) is 2.18. The Hall–Kier alpha value is -1.39. The maximum Gasteiger partial charge on any atom is 0.233 e. The minimum absolute atomic E-state index is 0.572. The lowest BCUT2D eigenvalue weighted by atomic mass is 10.7. The third kappa shape index (κ3) is 1.36. The fourth-order valence-corrected chi connectivity index (χ4v) is 0.928. The molecular weight excluding hydrogens is 144 g/mol. The molecule has 0 aliphatic rings. The first kappa shape index (κ1) is 7.71. The van der Waals surface area contributed by atoms with E-state index in [1.165, 1.54) is 0 Å². The first-order chi connectivity index (χ1) is 5.29. The molecule has 0 spiro atoms. The van der Waals surface area contributed by atoms with Crippen molar-refractivity contribution in [3.63, 3.8) is 0 Å². The molecule has 1 aromatic heterocycles. The molecule has 0 saturated heterocycles. The summed E-state index contributed by atoms with van der Waals surface area (Å²) in [5, 5.41) is 5.91. The van der Waals surface area contributed by atoms with Crippen molar-refractivity contribution in [1.82, 2.24) is 9.13 Å². The number of nitrogens with zero attached hydrogens (tertiary/aromatic N) is 4. The van der Waals surface area contributed by atoms with Gasteiger partial charge in [0.15, 0.2) is 0 Å². The monoisotopic (exact) mass is 154 g/mol. The van der Waals surface area contributed by atoms with Gasteiger partial charge in [0.1, 0.15) is 0 Å². The zero-order valence-corrected chi connectivity index (χ0v) is 6.56. The van der Waals surface area contributed by atoms with Gasteiger partial charge in [-0.1, -0.05) is 5.10 Å². The maximum atomic E-state index is 9.85. The second-order valence-electron chi connectivity index (χ2n) is 2.18. The number of hydrogen-bond donors (Lipinski definition) is 0. The Morgan fingerprint density at radius 3 is 2.82 bits per heavy atom. The number of aryl methyl sites for hydroxylation is 2. The quantitative estimate of drug-likeness (QED) is 0.450. The number of rotatable bonds is 2. The van der Waals surface area contributed by atoms with Gasteiger partial charge in [0, 0.05) is 26.0 Å². The molecular formula is C6H10N4O. The third-order valence-electron chi connectivity index (χ3n) is 1.51. The fourth-order valence-electron chi connectivity index (χ4n) is 0.928. The smallest absolute Gasteiger partial charge is 0.233 e. The van der Waals surface area contributed by atoms with Crippen LogP contribution in [0.5, 0.6) is 0 Å². The van der Waals surface area contributed by atoms with Crippen molar-refractivity contribution < 1.29 is 0 Å². The van der Waals surface area contributed by atoms with E-state index in [9.17, 15) is 4.91 Å². The Kier molecular flexibility index (Phi) is 2.20. The standard InChI is InChI=1S/C6H10N4O/c1-3-10-5-4-9(2)6(10)7-8-11/h4-5H,3H2,1-2H3/b7-6+. The Morgan fingerprint density at radius 1 is 1.55 bits per heavy atom. The van der Waals surface area contributed by atoms with Crippen LogP contribution in [-0.4, -0.2) is 9.13 Å². The SMILES string of the molecule is CCn1ccn(C)/c1=N\N=O. The lowest BCUT2D eigenvalue weighted by Gasteiger charge is -1.93. The Morgan fingerprint density at radius 2 is 2.27 bits per heavy atom. The van der Waals surface area contributed by atoms with E-state index in [4.69, 9.17) is 0 Å². The van der Waals surface area contributed by atoms with Crippen LogP contribution in [-0.2, 0) is 13.6 Å². The Labute approximate surface area is 63.9 Å². The highest BCUT2D eigenvalue weighted by Gasteiger charge is 1.93. The topological polar surface area (TPSA) is 51.6 Å². The van der Waals surface area contributed by atoms with Gasteiger partial charge in [-0.05, 0) is 6.92 Å². The fraction of sp³-hybridized carbons (Fsp3) is 0.500. The van der Waals surface area contributed by atoms with Gasteiger partial charge in [-0.2, -0.15) is 0 Å². The normalized spacial score (nSPS) is 12.0. The molecule has 0 radical (unpaired) electrons. The van der Waals surface area contributed by atoms with Crippen molar-refractivity contribution >= 4 is 0 Å². The van der Waals surface area contributed by atoms with Gasteiger partial charge in [0.2, 0.25) is 5.62 Å². The molecule has 0 aliphatic heterocycles. The van der Waals surface area contributed by atoms with Crippen molar-refractivity contribution in [2.45, 2.75) is 13.5 Å². The van der Waals surface area contributed by atoms with Gasteiger partial charge in [-0.15, -0.1) is 4.91 Å². The molecule has 1 rings (SSSR count). The van der Waals surface area contributed by atoms with Crippen molar-refractivity contribution in [2.24, 2.45) is 17.4 Å². The summed E-state index contributed by atoms with van der Waals surface area (Å²) in [6.07, 6.45) is 3.68. The van der Waals surface area contributed by atoms with E-state index in [0.29, 0.717) is 5.62 Å². The molecule has 0 atom stereocenters. The molecule has 0 unspecified atom stereocenters. The first-order valence-electron chi connectivity index (χ1n) is 3.37. The molecule has 0 amide bonds. The second kappa shape index (κ2) is 3.14. The van der Waals surface area contributed by atoms with Gasteiger partial charge in [0.25, 0.3) is 0 Å². The lowest BCUT2D eigenvalue weighted by Crippen LogP contribution is -2.22. The van der Waals surface area contributed by atoms with E-state index in [2.05, 4.69) is 10.4 Å². The molecule has 0 N–H and O–H groups in total. The van der Waals surface area contributed by atoms with E-state index in [0.717, 1.165) is 6.54 Å². The van der Waals surface area contributed by atoms with Crippen LogP contribution in [0.4, 0.5) is 0 Å². The summed E-state index contributed by atoms with van der Waals surface area (Å²) in [4.78, 5) is 9.85. The number of hydrogen-bond acceptors (Lipinski definition) is 2. The molecule has 11 heavy (non-hydrogen) atoms. The Bertz CT molecular complexity index is 309. The number of nitroso groups, excluding NO2 is 1. The van der Waals surface area contributed by atoms with Gasteiger partial charge in [-0.3, -0.25) is 0 Å². The van der Waals surface area contributed by atoms with E-state index >= 15 is 0 Å². The van der Waals surface area contributed by atoms with Crippen LogP contribution in [0.15, 0.2) is 22.8 Å². The van der Waals surface area contributed by atoms with E-state index in [1.807, 2.05) is 30.9 Å². The van der Waals surface area contributed by atoms with Crippen LogP contribution in [0, 0.1) is 4.91 Å². The molecule has 0 aliphatic carbocycles. The molecule has 1 aromatic rings. The zero-order valence-electron chi connectivity index (χ0n) is 6.56. The van der Waals surface area contributed by atoms with E-state index < -0.39 is 0 Å². The minimum Gasteiger partial charge on any atom is -0.319 e. The summed E-state index contributed by atoms with van der Waals surface area (Å²) in [6.45, 7) is 2.76. The number of aromatic nitrogens is 2. The van der Waals surface area contributed by atoms with Crippen LogP contribution in [0.3, 0.4) is 0 Å². The predicted molar refractivity (Wildman–Crippen MR) is 40.4 cm³/mol. The minimum atomic E-state index is 0.572. The highest BCUT2D eigenvalue weighted by atomic mass is 16.3. The lowest BCUT2D eigenvalue weighted by molar-refractivity contribution is 0.662. The summed E-state index contributed by atoms with van der Waals surface area (Å²) < 4.78 is 3.58. The number of imidazole rings is 1. The van der Waals surface area contributed by atoms with Crippen LogP contribution in [0.1, 0.15) is 6.92 Å². The molecule has 0 fully saturated rings. The summed E-state index contributed by atoms with van der Waals surface area (Å²) in [5.74, 6) is 0. The zero-order chi connectivity index (χ0) is 8.27. The molecule has 0 aromatic carbocycles. The molecule has 1 heterocycles. The van der Waals surface area contributed by atoms with Crippen molar-refractivity contribution in [3.8, 4) is 0 Å².